The normalized spacial score (nSPS) is 10.7. The molecule has 0 aromatic carbocycles. The van der Waals surface area contributed by atoms with Gasteiger partial charge in [0.05, 0.1) is 12.6 Å². The molecule has 0 radical (unpaired) electrons. The monoisotopic (exact) mass is 228 g/mol. The number of ether oxygens (including phenoxy) is 1. The van der Waals surface area contributed by atoms with E-state index in [1.54, 1.807) is 11.3 Å². The van der Waals surface area contributed by atoms with Crippen LogP contribution in [0.3, 0.4) is 0 Å². The fourth-order valence-electron chi connectivity index (χ4n) is 1.06. The Kier molecular flexibility index (Phi) is 4.71. The van der Waals surface area contributed by atoms with Crippen molar-refractivity contribution in [1.82, 2.24) is 10.3 Å². The lowest BCUT2D eigenvalue weighted by molar-refractivity contribution is -0.146. The molecule has 1 heterocycles. The van der Waals surface area contributed by atoms with Crippen LogP contribution < -0.4 is 5.32 Å². The average molecular weight is 228 g/mol. The number of carbonyl (C=O) groups excluding carboxylic acids is 1. The van der Waals surface area contributed by atoms with E-state index in [2.05, 4.69) is 10.3 Å². The van der Waals surface area contributed by atoms with Gasteiger partial charge >= 0.3 is 5.97 Å². The smallest absolute Gasteiger partial charge is 0.320 e. The lowest BCUT2D eigenvalue weighted by atomic mass is 10.5. The van der Waals surface area contributed by atoms with Crippen molar-refractivity contribution in [2.75, 3.05) is 6.54 Å². The fraction of sp³-hybridized carbons (Fsp3) is 0.600. The number of carbonyl (C=O) groups is 1. The van der Waals surface area contributed by atoms with E-state index in [0.29, 0.717) is 6.54 Å². The summed E-state index contributed by atoms with van der Waals surface area (Å²) < 4.78 is 4.97. The Morgan fingerprint density at radius 1 is 1.67 bits per heavy atom. The van der Waals surface area contributed by atoms with Gasteiger partial charge in [-0.25, -0.2) is 4.98 Å². The van der Waals surface area contributed by atoms with Gasteiger partial charge in [-0.3, -0.25) is 4.79 Å². The van der Waals surface area contributed by atoms with Crippen LogP contribution in [-0.4, -0.2) is 23.6 Å². The topological polar surface area (TPSA) is 51.2 Å². The molecule has 0 aliphatic heterocycles. The van der Waals surface area contributed by atoms with Crippen molar-refractivity contribution in [1.29, 1.82) is 0 Å². The van der Waals surface area contributed by atoms with Crippen LogP contribution in [0.5, 0.6) is 0 Å². The molecule has 1 aromatic rings. The first-order valence-corrected chi connectivity index (χ1v) is 5.77. The predicted octanol–water partition coefficient (Wildman–Crippen LogP) is 1.49. The second-order valence-electron chi connectivity index (χ2n) is 3.52. The van der Waals surface area contributed by atoms with Gasteiger partial charge in [-0.2, -0.15) is 0 Å². The van der Waals surface area contributed by atoms with E-state index >= 15 is 0 Å². The van der Waals surface area contributed by atoms with E-state index in [-0.39, 0.29) is 18.6 Å². The third-order valence-corrected chi connectivity index (χ3v) is 2.55. The lowest BCUT2D eigenvalue weighted by Crippen LogP contribution is -2.26. The molecular formula is C10H16N2O2S. The maximum Gasteiger partial charge on any atom is 0.320 e. The first kappa shape index (κ1) is 12.1. The Morgan fingerprint density at radius 3 is 2.93 bits per heavy atom. The van der Waals surface area contributed by atoms with Crippen molar-refractivity contribution in [2.24, 2.45) is 0 Å². The molecule has 0 atom stereocenters. The molecule has 0 bridgehead atoms. The minimum Gasteiger partial charge on any atom is -0.462 e. The zero-order valence-electron chi connectivity index (χ0n) is 9.24. The van der Waals surface area contributed by atoms with Crippen LogP contribution in [0.25, 0.3) is 0 Å². The fourth-order valence-corrected chi connectivity index (χ4v) is 1.80. The van der Waals surface area contributed by atoms with Gasteiger partial charge in [0, 0.05) is 17.6 Å². The molecule has 4 nitrogen and oxygen atoms in total. The molecule has 0 amide bonds. The maximum absolute atomic E-state index is 11.1. The number of rotatable bonds is 5. The van der Waals surface area contributed by atoms with Crippen molar-refractivity contribution < 1.29 is 9.53 Å². The van der Waals surface area contributed by atoms with Gasteiger partial charge in [0.25, 0.3) is 0 Å². The molecule has 0 spiro atoms. The summed E-state index contributed by atoms with van der Waals surface area (Å²) >= 11 is 1.59. The number of aryl methyl sites for hydroxylation is 1. The molecule has 1 N–H and O–H groups in total. The highest BCUT2D eigenvalue weighted by atomic mass is 32.1. The van der Waals surface area contributed by atoms with Crippen LogP contribution in [0.15, 0.2) is 5.38 Å². The van der Waals surface area contributed by atoms with Crippen molar-refractivity contribution in [3.63, 3.8) is 0 Å². The van der Waals surface area contributed by atoms with Gasteiger partial charge in [0.1, 0.15) is 5.01 Å². The zero-order chi connectivity index (χ0) is 11.3. The standard InChI is InChI=1S/C10H16N2O2S/c1-7(2)14-10(13)5-11-4-9-12-8(3)6-15-9/h6-7,11H,4-5H2,1-3H3. The summed E-state index contributed by atoms with van der Waals surface area (Å²) in [4.78, 5) is 15.4. The highest BCUT2D eigenvalue weighted by molar-refractivity contribution is 7.09. The molecule has 1 rings (SSSR count). The number of nitrogens with one attached hydrogen (secondary N) is 1. The number of aromatic nitrogens is 1. The van der Waals surface area contributed by atoms with E-state index in [0.717, 1.165) is 10.7 Å². The molecule has 1 aromatic heterocycles. The molecule has 0 aliphatic rings. The van der Waals surface area contributed by atoms with Crippen LogP contribution in [0, 0.1) is 6.92 Å². The maximum atomic E-state index is 11.1. The van der Waals surface area contributed by atoms with Crippen molar-refractivity contribution in [3.8, 4) is 0 Å². The quantitative estimate of drug-likeness (QED) is 0.776. The van der Waals surface area contributed by atoms with Gasteiger partial charge in [0.15, 0.2) is 0 Å². The largest absolute Gasteiger partial charge is 0.462 e. The highest BCUT2D eigenvalue weighted by Gasteiger charge is 2.05. The molecular weight excluding hydrogens is 212 g/mol. The van der Waals surface area contributed by atoms with E-state index < -0.39 is 0 Å². The minimum atomic E-state index is -0.224. The third-order valence-electron chi connectivity index (χ3n) is 1.58. The number of hydrogen-bond donors (Lipinski definition) is 1. The van der Waals surface area contributed by atoms with Crippen LogP contribution in [0.1, 0.15) is 24.5 Å². The molecule has 0 aliphatic carbocycles. The summed E-state index contributed by atoms with van der Waals surface area (Å²) in [6.45, 7) is 6.47. The Hall–Kier alpha value is -0.940. The summed E-state index contributed by atoms with van der Waals surface area (Å²) in [5.74, 6) is -0.224. The van der Waals surface area contributed by atoms with E-state index in [9.17, 15) is 4.79 Å². The van der Waals surface area contributed by atoms with Crippen LogP contribution >= 0.6 is 11.3 Å². The summed E-state index contributed by atoms with van der Waals surface area (Å²) in [6.07, 6.45) is -0.0543. The molecule has 0 saturated carbocycles. The molecule has 0 saturated heterocycles. The summed E-state index contributed by atoms with van der Waals surface area (Å²) in [5, 5.41) is 5.97. The predicted molar refractivity (Wildman–Crippen MR) is 59.8 cm³/mol. The average Bonchev–Trinajstić information content (AvgIpc) is 2.50. The zero-order valence-corrected chi connectivity index (χ0v) is 10.1. The van der Waals surface area contributed by atoms with Gasteiger partial charge in [-0.1, -0.05) is 0 Å². The van der Waals surface area contributed by atoms with Gasteiger partial charge < -0.3 is 10.1 Å². The molecule has 0 unspecified atom stereocenters. The SMILES string of the molecule is Cc1csc(CNCC(=O)OC(C)C)n1. The number of hydrogen-bond acceptors (Lipinski definition) is 5. The minimum absolute atomic E-state index is 0.0543. The van der Waals surface area contributed by atoms with Crippen molar-refractivity contribution in [3.05, 3.63) is 16.1 Å². The van der Waals surface area contributed by atoms with Gasteiger partial charge in [0.2, 0.25) is 0 Å². The molecule has 5 heteroatoms. The van der Waals surface area contributed by atoms with Crippen LogP contribution in [0.4, 0.5) is 0 Å². The first-order valence-electron chi connectivity index (χ1n) is 4.89. The van der Waals surface area contributed by atoms with Gasteiger partial charge in [-0.05, 0) is 20.8 Å². The number of esters is 1. The highest BCUT2D eigenvalue weighted by Crippen LogP contribution is 2.07. The Balaban J connectivity index is 2.19. The van der Waals surface area contributed by atoms with Crippen molar-refractivity contribution in [2.45, 2.75) is 33.4 Å². The van der Waals surface area contributed by atoms with Crippen molar-refractivity contribution >= 4 is 17.3 Å². The molecule has 84 valence electrons. The summed E-state index contributed by atoms with van der Waals surface area (Å²) in [5.41, 5.74) is 1.02. The second-order valence-corrected chi connectivity index (χ2v) is 4.47. The van der Waals surface area contributed by atoms with Gasteiger partial charge in [-0.15, -0.1) is 11.3 Å². The third kappa shape index (κ3) is 4.90. The Morgan fingerprint density at radius 2 is 2.40 bits per heavy atom. The number of nitrogens with zero attached hydrogens (tertiary/aromatic N) is 1. The Labute approximate surface area is 93.7 Å². The first-order chi connectivity index (χ1) is 7.08. The van der Waals surface area contributed by atoms with E-state index in [1.807, 2.05) is 26.2 Å². The van der Waals surface area contributed by atoms with Crippen LogP contribution in [-0.2, 0) is 16.1 Å². The van der Waals surface area contributed by atoms with Crippen LogP contribution in [0.2, 0.25) is 0 Å². The van der Waals surface area contributed by atoms with E-state index in [4.69, 9.17) is 4.74 Å². The Bertz CT molecular complexity index is 323. The summed E-state index contributed by atoms with van der Waals surface area (Å²) in [6, 6.07) is 0. The van der Waals surface area contributed by atoms with E-state index in [1.165, 1.54) is 0 Å². The summed E-state index contributed by atoms with van der Waals surface area (Å²) in [7, 11) is 0. The second kappa shape index (κ2) is 5.82. The number of thiazole rings is 1. The molecule has 0 fully saturated rings. The lowest BCUT2D eigenvalue weighted by Gasteiger charge is -2.07. The molecule has 15 heavy (non-hydrogen) atoms.